The number of morpholine rings is 1. The van der Waals surface area contributed by atoms with Gasteiger partial charge in [0.15, 0.2) is 0 Å². The maximum atomic E-state index is 12.7. The molecule has 0 saturated carbocycles. The third-order valence-electron chi connectivity index (χ3n) is 3.78. The van der Waals surface area contributed by atoms with E-state index < -0.39 is 0 Å². The van der Waals surface area contributed by atoms with Crippen molar-refractivity contribution in [3.63, 3.8) is 0 Å². The average molecular weight is 338 g/mol. The van der Waals surface area contributed by atoms with Gasteiger partial charge in [-0.2, -0.15) is 0 Å². The van der Waals surface area contributed by atoms with Crippen LogP contribution in [0.5, 0.6) is 5.75 Å². The molecule has 0 bridgehead atoms. The lowest BCUT2D eigenvalue weighted by Gasteiger charge is -2.27. The van der Waals surface area contributed by atoms with Gasteiger partial charge >= 0.3 is 0 Å². The second kappa shape index (κ2) is 6.95. The van der Waals surface area contributed by atoms with Crippen LogP contribution in [-0.2, 0) is 9.53 Å². The van der Waals surface area contributed by atoms with Crippen molar-refractivity contribution in [2.24, 2.45) is 0 Å². The lowest BCUT2D eigenvalue weighted by Crippen LogP contribution is -2.43. The molecule has 2 saturated heterocycles. The quantitative estimate of drug-likeness (QED) is 0.780. The molecule has 3 rings (SSSR count). The summed E-state index contributed by atoms with van der Waals surface area (Å²) in [5.74, 6) is 0.825. The van der Waals surface area contributed by atoms with E-state index in [2.05, 4.69) is 4.90 Å². The van der Waals surface area contributed by atoms with Crippen LogP contribution in [0, 0.1) is 0 Å². The highest BCUT2D eigenvalue weighted by molar-refractivity contribution is 8.25. The van der Waals surface area contributed by atoms with Crippen LogP contribution in [0.2, 0.25) is 0 Å². The minimum Gasteiger partial charge on any atom is -0.497 e. The fourth-order valence-electron chi connectivity index (χ4n) is 2.56. The third kappa shape index (κ3) is 3.27. The number of carbonyl (C=O) groups is 1. The van der Waals surface area contributed by atoms with Crippen LogP contribution >= 0.6 is 24.0 Å². The molecule has 0 aromatic heterocycles. The zero-order chi connectivity index (χ0) is 15.5. The van der Waals surface area contributed by atoms with Crippen LogP contribution < -0.4 is 9.64 Å². The standard InChI is InChI=1S/C15H18N2O3S2/c1-19-12-4-2-11(3-5-12)17-14(18)13(22-15(17)21)10-16-6-8-20-9-7-16/h2-5,13H,6-10H2,1H3. The van der Waals surface area contributed by atoms with Crippen molar-refractivity contribution >= 4 is 39.9 Å². The molecule has 0 aliphatic carbocycles. The van der Waals surface area contributed by atoms with E-state index in [-0.39, 0.29) is 11.2 Å². The van der Waals surface area contributed by atoms with Gasteiger partial charge in [-0.15, -0.1) is 0 Å². The number of anilines is 1. The second-order valence-electron chi connectivity index (χ2n) is 5.16. The zero-order valence-electron chi connectivity index (χ0n) is 12.4. The molecule has 2 heterocycles. The van der Waals surface area contributed by atoms with Crippen LogP contribution in [0.1, 0.15) is 0 Å². The zero-order valence-corrected chi connectivity index (χ0v) is 14.0. The van der Waals surface area contributed by atoms with E-state index in [1.165, 1.54) is 11.8 Å². The minimum absolute atomic E-state index is 0.0617. The van der Waals surface area contributed by atoms with Gasteiger partial charge in [-0.05, 0) is 24.3 Å². The Balaban J connectivity index is 1.70. The third-order valence-corrected chi connectivity index (χ3v) is 5.27. The fraction of sp³-hybridized carbons (Fsp3) is 0.467. The summed E-state index contributed by atoms with van der Waals surface area (Å²) in [6.07, 6.45) is 0. The summed E-state index contributed by atoms with van der Waals surface area (Å²) >= 11 is 6.87. The Kier molecular flexibility index (Phi) is 4.97. The number of thiocarbonyl (C=S) groups is 1. The highest BCUT2D eigenvalue weighted by atomic mass is 32.2. The van der Waals surface area contributed by atoms with E-state index in [1.807, 2.05) is 24.3 Å². The molecule has 1 aromatic carbocycles. The van der Waals surface area contributed by atoms with Crippen molar-refractivity contribution in [1.29, 1.82) is 0 Å². The number of benzene rings is 1. The van der Waals surface area contributed by atoms with Gasteiger partial charge in [0.2, 0.25) is 5.91 Å². The molecule has 0 N–H and O–H groups in total. The normalized spacial score (nSPS) is 23.1. The number of methoxy groups -OCH3 is 1. The highest BCUT2D eigenvalue weighted by Crippen LogP contribution is 2.33. The number of hydrogen-bond acceptors (Lipinski definition) is 6. The largest absolute Gasteiger partial charge is 0.497 e. The first-order valence-corrected chi connectivity index (χ1v) is 8.46. The summed E-state index contributed by atoms with van der Waals surface area (Å²) < 4.78 is 11.1. The lowest BCUT2D eigenvalue weighted by molar-refractivity contribution is -0.117. The summed E-state index contributed by atoms with van der Waals surface area (Å²) in [4.78, 5) is 16.6. The van der Waals surface area contributed by atoms with Gasteiger partial charge in [-0.25, -0.2) is 0 Å². The first-order valence-electron chi connectivity index (χ1n) is 7.18. The molecule has 7 heteroatoms. The van der Waals surface area contributed by atoms with E-state index in [1.54, 1.807) is 12.0 Å². The first kappa shape index (κ1) is 15.7. The number of rotatable bonds is 4. The molecular formula is C15H18N2O3S2. The monoisotopic (exact) mass is 338 g/mol. The summed E-state index contributed by atoms with van der Waals surface area (Å²) in [5.41, 5.74) is 0.799. The molecule has 22 heavy (non-hydrogen) atoms. The molecule has 1 atom stereocenters. The van der Waals surface area contributed by atoms with Crippen molar-refractivity contribution in [2.45, 2.75) is 5.25 Å². The van der Waals surface area contributed by atoms with E-state index >= 15 is 0 Å². The van der Waals surface area contributed by atoms with Crippen LogP contribution in [0.4, 0.5) is 5.69 Å². The molecular weight excluding hydrogens is 320 g/mol. The fourth-order valence-corrected chi connectivity index (χ4v) is 4.14. The van der Waals surface area contributed by atoms with Crippen LogP contribution in [0.25, 0.3) is 0 Å². The smallest absolute Gasteiger partial charge is 0.247 e. The second-order valence-corrected chi connectivity index (χ2v) is 6.99. The summed E-state index contributed by atoms with van der Waals surface area (Å²) in [6.45, 7) is 3.94. The molecule has 2 aliphatic heterocycles. The number of thioether (sulfide) groups is 1. The first-order chi connectivity index (χ1) is 10.7. The number of carbonyl (C=O) groups excluding carboxylic acids is 1. The maximum absolute atomic E-state index is 12.7. The van der Waals surface area contributed by atoms with Crippen molar-refractivity contribution in [3.05, 3.63) is 24.3 Å². The van der Waals surface area contributed by atoms with Crippen molar-refractivity contribution in [2.75, 3.05) is 44.9 Å². The van der Waals surface area contributed by atoms with Gasteiger partial charge in [0, 0.05) is 19.6 Å². The molecule has 5 nitrogen and oxygen atoms in total. The molecule has 118 valence electrons. The number of amides is 1. The summed E-state index contributed by atoms with van der Waals surface area (Å²) in [7, 11) is 1.62. The van der Waals surface area contributed by atoms with Gasteiger partial charge < -0.3 is 9.47 Å². The van der Waals surface area contributed by atoms with Crippen molar-refractivity contribution < 1.29 is 14.3 Å². The van der Waals surface area contributed by atoms with Crippen LogP contribution in [0.15, 0.2) is 24.3 Å². The molecule has 1 amide bonds. The number of hydrogen-bond donors (Lipinski definition) is 0. The average Bonchev–Trinajstić information content (AvgIpc) is 2.82. The summed E-state index contributed by atoms with van der Waals surface area (Å²) in [6, 6.07) is 7.40. The predicted octanol–water partition coefficient (Wildman–Crippen LogP) is 1.76. The maximum Gasteiger partial charge on any atom is 0.247 e. The Labute approximate surface area is 139 Å². The SMILES string of the molecule is COc1ccc(N2C(=O)C(CN3CCOCC3)SC2=S)cc1. The van der Waals surface area contributed by atoms with E-state index in [0.717, 1.165) is 44.3 Å². The Morgan fingerprint density at radius 1 is 1.32 bits per heavy atom. The topological polar surface area (TPSA) is 42.0 Å². The minimum atomic E-state index is -0.132. The van der Waals surface area contributed by atoms with Gasteiger partial charge in [0.1, 0.15) is 15.3 Å². The molecule has 1 aromatic rings. The van der Waals surface area contributed by atoms with E-state index in [9.17, 15) is 4.79 Å². The van der Waals surface area contributed by atoms with Gasteiger partial charge in [-0.1, -0.05) is 24.0 Å². The van der Waals surface area contributed by atoms with Gasteiger partial charge in [0.05, 0.1) is 26.0 Å². The van der Waals surface area contributed by atoms with Crippen molar-refractivity contribution in [3.8, 4) is 5.75 Å². The Hall–Kier alpha value is -1.15. The van der Waals surface area contributed by atoms with Crippen LogP contribution in [-0.4, -0.2) is 60.3 Å². The molecule has 0 spiro atoms. The highest BCUT2D eigenvalue weighted by Gasteiger charge is 2.38. The molecule has 0 radical (unpaired) electrons. The Morgan fingerprint density at radius 3 is 2.64 bits per heavy atom. The Bertz CT molecular complexity index is 558. The lowest BCUT2D eigenvalue weighted by atomic mass is 10.2. The van der Waals surface area contributed by atoms with Gasteiger partial charge in [-0.3, -0.25) is 14.6 Å². The number of nitrogens with zero attached hydrogens (tertiary/aromatic N) is 2. The molecule has 1 unspecified atom stereocenters. The Morgan fingerprint density at radius 2 is 2.00 bits per heavy atom. The van der Waals surface area contributed by atoms with Crippen molar-refractivity contribution in [1.82, 2.24) is 4.90 Å². The van der Waals surface area contributed by atoms with E-state index in [4.69, 9.17) is 21.7 Å². The van der Waals surface area contributed by atoms with Crippen LogP contribution in [0.3, 0.4) is 0 Å². The molecule has 2 aliphatic rings. The summed E-state index contributed by atoms with van der Waals surface area (Å²) in [5, 5.41) is -0.132. The number of ether oxygens (including phenoxy) is 2. The predicted molar refractivity (Wildman–Crippen MR) is 91.7 cm³/mol. The molecule has 2 fully saturated rings. The van der Waals surface area contributed by atoms with Gasteiger partial charge in [0.25, 0.3) is 0 Å². The van der Waals surface area contributed by atoms with E-state index in [0.29, 0.717) is 4.32 Å².